The second-order valence-electron chi connectivity index (χ2n) is 4.63. The predicted molar refractivity (Wildman–Crippen MR) is 67.1 cm³/mol. The van der Waals surface area contributed by atoms with Crippen LogP contribution in [0, 0.1) is 5.92 Å². The molecule has 0 fully saturated rings. The molecule has 1 rings (SSSR count). The van der Waals surface area contributed by atoms with Gasteiger partial charge in [0.1, 0.15) is 11.5 Å². The molecule has 0 aromatic carbocycles. The summed E-state index contributed by atoms with van der Waals surface area (Å²) in [5, 5.41) is 11.8. The lowest BCUT2D eigenvalue weighted by molar-refractivity contribution is -0.141. The number of nitrogens with two attached hydrogens (primary N) is 1. The van der Waals surface area contributed by atoms with Crippen molar-refractivity contribution >= 4 is 11.7 Å². The lowest BCUT2D eigenvalue weighted by Gasteiger charge is -2.22. The Morgan fingerprint density at radius 2 is 2.05 bits per heavy atom. The summed E-state index contributed by atoms with van der Waals surface area (Å²) in [5.74, 6) is -1.24. The Morgan fingerprint density at radius 1 is 1.45 bits per heavy atom. The summed E-state index contributed by atoms with van der Waals surface area (Å²) in [6.45, 7) is 3.23. The highest BCUT2D eigenvalue weighted by atomic mass is 19.4. The third kappa shape index (κ3) is 3.83. The Hall–Kier alpha value is -1.83. The lowest BCUT2D eigenvalue weighted by Crippen LogP contribution is -2.31. The molecule has 1 aromatic rings. The van der Waals surface area contributed by atoms with Gasteiger partial charge in [-0.2, -0.15) is 13.2 Å². The van der Waals surface area contributed by atoms with Gasteiger partial charge in [-0.1, -0.05) is 13.8 Å². The Balaban J connectivity index is 3.22. The highest BCUT2D eigenvalue weighted by Crippen LogP contribution is 2.29. The minimum Gasteiger partial charge on any atom is -0.394 e. The van der Waals surface area contributed by atoms with Gasteiger partial charge in [-0.3, -0.25) is 4.79 Å². The molecule has 1 amide bonds. The normalized spacial score (nSPS) is 13.3. The number of pyridine rings is 1. The van der Waals surface area contributed by atoms with E-state index >= 15 is 0 Å². The molecule has 0 aliphatic heterocycles. The van der Waals surface area contributed by atoms with Crippen LogP contribution in [0.5, 0.6) is 0 Å². The van der Waals surface area contributed by atoms with Gasteiger partial charge in [-0.15, -0.1) is 0 Å². The van der Waals surface area contributed by atoms with Crippen LogP contribution in [0.3, 0.4) is 0 Å². The first-order chi connectivity index (χ1) is 9.16. The molecule has 5 nitrogen and oxygen atoms in total. The van der Waals surface area contributed by atoms with E-state index in [-0.39, 0.29) is 23.9 Å². The van der Waals surface area contributed by atoms with Crippen LogP contribution in [-0.4, -0.2) is 28.6 Å². The molecule has 1 unspecified atom stereocenters. The Labute approximate surface area is 114 Å². The molecule has 1 aromatic heterocycles. The fourth-order valence-electron chi connectivity index (χ4n) is 1.52. The van der Waals surface area contributed by atoms with Gasteiger partial charge in [0, 0.05) is 0 Å². The summed E-state index contributed by atoms with van der Waals surface area (Å²) in [5.41, 5.74) is 3.81. The molecule has 1 heterocycles. The number of primary amides is 1. The fourth-order valence-corrected chi connectivity index (χ4v) is 1.52. The molecule has 0 saturated carbocycles. The summed E-state index contributed by atoms with van der Waals surface area (Å²) < 4.78 is 37.9. The van der Waals surface area contributed by atoms with Crippen molar-refractivity contribution in [3.05, 3.63) is 23.4 Å². The van der Waals surface area contributed by atoms with E-state index in [1.54, 1.807) is 13.8 Å². The number of nitrogens with zero attached hydrogens (tertiary/aromatic N) is 1. The molecule has 0 aliphatic rings. The average Bonchev–Trinajstić information content (AvgIpc) is 2.33. The minimum atomic E-state index is -4.63. The quantitative estimate of drug-likeness (QED) is 0.769. The van der Waals surface area contributed by atoms with E-state index < -0.39 is 23.8 Å². The lowest BCUT2D eigenvalue weighted by atomic mass is 10.0. The van der Waals surface area contributed by atoms with E-state index in [2.05, 4.69) is 10.3 Å². The smallest absolute Gasteiger partial charge is 0.394 e. The van der Waals surface area contributed by atoms with E-state index in [4.69, 9.17) is 5.73 Å². The van der Waals surface area contributed by atoms with Crippen LogP contribution >= 0.6 is 0 Å². The summed E-state index contributed by atoms with van der Waals surface area (Å²) in [4.78, 5) is 14.6. The largest absolute Gasteiger partial charge is 0.433 e. The molecule has 8 heteroatoms. The zero-order valence-corrected chi connectivity index (χ0v) is 11.0. The average molecular weight is 291 g/mol. The fraction of sp³-hybridized carbons (Fsp3) is 0.500. The van der Waals surface area contributed by atoms with Crippen molar-refractivity contribution in [2.45, 2.75) is 26.1 Å². The summed E-state index contributed by atoms with van der Waals surface area (Å²) in [6.07, 6.45) is -4.63. The van der Waals surface area contributed by atoms with Crippen molar-refractivity contribution in [3.8, 4) is 0 Å². The standard InChI is InChI=1S/C12H16F3N3O2/c1-6(2)8(5-19)17-11-7(10(16)20)3-4-9(18-11)12(13,14)15/h3-4,6,8,19H,5H2,1-2H3,(H2,16,20)(H,17,18). The number of hydrogen-bond donors (Lipinski definition) is 3. The van der Waals surface area contributed by atoms with E-state index in [9.17, 15) is 23.1 Å². The van der Waals surface area contributed by atoms with Gasteiger partial charge < -0.3 is 16.2 Å². The number of alkyl halides is 3. The third-order valence-corrected chi connectivity index (χ3v) is 2.77. The van der Waals surface area contributed by atoms with Crippen LogP contribution in [0.1, 0.15) is 29.9 Å². The number of hydrogen-bond acceptors (Lipinski definition) is 4. The zero-order chi connectivity index (χ0) is 15.5. The molecule has 20 heavy (non-hydrogen) atoms. The van der Waals surface area contributed by atoms with Gasteiger partial charge in [-0.25, -0.2) is 4.98 Å². The zero-order valence-electron chi connectivity index (χ0n) is 11.0. The number of carbonyl (C=O) groups is 1. The molecule has 0 radical (unpaired) electrons. The van der Waals surface area contributed by atoms with Gasteiger partial charge in [0.2, 0.25) is 0 Å². The Kier molecular flexibility index (Phi) is 4.93. The van der Waals surface area contributed by atoms with Gasteiger partial charge >= 0.3 is 6.18 Å². The van der Waals surface area contributed by atoms with E-state index in [1.165, 1.54) is 0 Å². The van der Waals surface area contributed by atoms with Gasteiger partial charge in [0.15, 0.2) is 0 Å². The number of aromatic nitrogens is 1. The predicted octanol–water partition coefficient (Wildman–Crippen LogP) is 1.63. The van der Waals surface area contributed by atoms with Crippen LogP contribution in [0.4, 0.5) is 19.0 Å². The van der Waals surface area contributed by atoms with E-state index in [0.29, 0.717) is 6.07 Å². The van der Waals surface area contributed by atoms with E-state index in [1.807, 2.05) is 0 Å². The highest BCUT2D eigenvalue weighted by molar-refractivity contribution is 5.97. The monoisotopic (exact) mass is 291 g/mol. The molecule has 4 N–H and O–H groups in total. The molecule has 1 atom stereocenters. The first kappa shape index (κ1) is 16.2. The maximum Gasteiger partial charge on any atom is 0.433 e. The van der Waals surface area contributed by atoms with Crippen molar-refractivity contribution < 1.29 is 23.1 Å². The Bertz CT molecular complexity index is 489. The second kappa shape index (κ2) is 6.08. The van der Waals surface area contributed by atoms with Crippen LogP contribution < -0.4 is 11.1 Å². The molecule has 0 aliphatic carbocycles. The van der Waals surface area contributed by atoms with Gasteiger partial charge in [-0.05, 0) is 18.1 Å². The number of rotatable bonds is 5. The minimum absolute atomic E-state index is 0.0722. The SMILES string of the molecule is CC(C)C(CO)Nc1nc(C(F)(F)F)ccc1C(N)=O. The summed E-state index contributed by atoms with van der Waals surface area (Å²) in [7, 11) is 0. The van der Waals surface area contributed by atoms with Crippen molar-refractivity contribution in [3.63, 3.8) is 0 Å². The topological polar surface area (TPSA) is 88.2 Å². The number of aliphatic hydroxyl groups excluding tert-OH is 1. The second-order valence-corrected chi connectivity index (χ2v) is 4.63. The first-order valence-corrected chi connectivity index (χ1v) is 5.92. The van der Waals surface area contributed by atoms with Crippen molar-refractivity contribution in [1.29, 1.82) is 0 Å². The number of carbonyl (C=O) groups excluding carboxylic acids is 1. The van der Waals surface area contributed by atoms with Crippen LogP contribution in [0.15, 0.2) is 12.1 Å². The first-order valence-electron chi connectivity index (χ1n) is 5.92. The van der Waals surface area contributed by atoms with Crippen molar-refractivity contribution in [2.24, 2.45) is 11.7 Å². The van der Waals surface area contributed by atoms with Crippen LogP contribution in [0.2, 0.25) is 0 Å². The van der Waals surface area contributed by atoms with Gasteiger partial charge in [0.05, 0.1) is 18.2 Å². The van der Waals surface area contributed by atoms with Gasteiger partial charge in [0.25, 0.3) is 5.91 Å². The molecule has 112 valence electrons. The molecular weight excluding hydrogens is 275 g/mol. The summed E-state index contributed by atoms with van der Waals surface area (Å²) in [6, 6.07) is 1.12. The number of halogens is 3. The Morgan fingerprint density at radius 3 is 2.45 bits per heavy atom. The molecule has 0 spiro atoms. The van der Waals surface area contributed by atoms with Crippen molar-refractivity contribution in [1.82, 2.24) is 4.98 Å². The van der Waals surface area contributed by atoms with Crippen molar-refractivity contribution in [2.75, 3.05) is 11.9 Å². The molecule has 0 bridgehead atoms. The number of aliphatic hydroxyl groups is 1. The number of amides is 1. The number of anilines is 1. The number of nitrogens with one attached hydrogen (secondary N) is 1. The van der Waals surface area contributed by atoms with Crippen LogP contribution in [0.25, 0.3) is 0 Å². The van der Waals surface area contributed by atoms with E-state index in [0.717, 1.165) is 6.07 Å². The highest BCUT2D eigenvalue weighted by Gasteiger charge is 2.33. The maximum atomic E-state index is 12.6. The molecule has 0 saturated heterocycles. The maximum absolute atomic E-state index is 12.6. The van der Waals surface area contributed by atoms with Crippen LogP contribution in [-0.2, 0) is 6.18 Å². The summed E-state index contributed by atoms with van der Waals surface area (Å²) >= 11 is 0. The third-order valence-electron chi connectivity index (χ3n) is 2.77. The molecular formula is C12H16F3N3O2.